The van der Waals surface area contributed by atoms with E-state index in [4.69, 9.17) is 0 Å². The Morgan fingerprint density at radius 1 is 1.27 bits per heavy atom. The number of aromatic nitrogens is 2. The Morgan fingerprint density at radius 3 is 2.77 bits per heavy atom. The Morgan fingerprint density at radius 2 is 2.04 bits per heavy atom. The van der Waals surface area contributed by atoms with E-state index < -0.39 is 12.5 Å². The quantitative estimate of drug-likeness (QED) is 0.699. The number of imidazole rings is 1. The molecule has 2 aromatic carbocycles. The monoisotopic (exact) mass is 359 g/mol. The number of anilines is 1. The maximum Gasteiger partial charge on any atom is 0.387 e. The highest BCUT2D eigenvalue weighted by Crippen LogP contribution is 2.24. The van der Waals surface area contributed by atoms with Crippen molar-refractivity contribution in [1.29, 1.82) is 0 Å². The zero-order valence-corrected chi connectivity index (χ0v) is 14.5. The summed E-state index contributed by atoms with van der Waals surface area (Å²) in [7, 11) is 0. The molecule has 0 spiro atoms. The van der Waals surface area contributed by atoms with E-state index in [0.29, 0.717) is 5.69 Å². The van der Waals surface area contributed by atoms with Crippen LogP contribution in [0.5, 0.6) is 5.75 Å². The van der Waals surface area contributed by atoms with Crippen molar-refractivity contribution in [3.8, 4) is 5.75 Å². The van der Waals surface area contributed by atoms with Gasteiger partial charge in [-0.2, -0.15) is 8.78 Å². The number of para-hydroxylation sites is 1. The number of amides is 1. The molecule has 1 heterocycles. The lowest BCUT2D eigenvalue weighted by Crippen LogP contribution is -2.15. The molecule has 0 saturated heterocycles. The average molecular weight is 359 g/mol. The van der Waals surface area contributed by atoms with Crippen LogP contribution in [0.4, 0.5) is 14.5 Å². The minimum absolute atomic E-state index is 0.0422. The first-order valence-corrected chi connectivity index (χ1v) is 8.31. The van der Waals surface area contributed by atoms with Crippen molar-refractivity contribution in [3.63, 3.8) is 0 Å². The van der Waals surface area contributed by atoms with Crippen molar-refractivity contribution in [1.82, 2.24) is 9.55 Å². The first-order valence-electron chi connectivity index (χ1n) is 8.31. The summed E-state index contributed by atoms with van der Waals surface area (Å²) in [6, 6.07) is 11.3. The van der Waals surface area contributed by atoms with Crippen LogP contribution in [0.25, 0.3) is 11.0 Å². The molecular weight excluding hydrogens is 340 g/mol. The van der Waals surface area contributed by atoms with Crippen LogP contribution >= 0.6 is 0 Å². The molecule has 0 atom stereocenters. The molecule has 1 amide bonds. The van der Waals surface area contributed by atoms with Crippen molar-refractivity contribution in [2.24, 2.45) is 0 Å². The van der Waals surface area contributed by atoms with E-state index in [1.165, 1.54) is 18.2 Å². The number of ether oxygens (including phenoxy) is 1. The molecule has 0 bridgehead atoms. The number of alkyl halides is 2. The van der Waals surface area contributed by atoms with Crippen LogP contribution < -0.4 is 10.1 Å². The van der Waals surface area contributed by atoms with Crippen LogP contribution in [0.1, 0.15) is 29.5 Å². The fraction of sp³-hybridized carbons (Fsp3) is 0.263. The molecule has 0 unspecified atom stereocenters. The fourth-order valence-corrected chi connectivity index (χ4v) is 2.89. The zero-order valence-electron chi connectivity index (χ0n) is 14.5. The van der Waals surface area contributed by atoms with Gasteiger partial charge in [-0.15, -0.1) is 0 Å². The lowest BCUT2D eigenvalue weighted by atomic mass is 10.2. The molecule has 0 fully saturated rings. The minimum Gasteiger partial charge on any atom is -0.434 e. The van der Waals surface area contributed by atoms with E-state index in [1.54, 1.807) is 18.2 Å². The number of halogens is 2. The second-order valence-corrected chi connectivity index (χ2v) is 5.84. The van der Waals surface area contributed by atoms with Crippen LogP contribution in [0.3, 0.4) is 0 Å². The van der Waals surface area contributed by atoms with Crippen molar-refractivity contribution < 1.29 is 18.3 Å². The number of aryl methyl sites for hydroxylation is 2. The third-order valence-electron chi connectivity index (χ3n) is 3.99. The summed E-state index contributed by atoms with van der Waals surface area (Å²) in [4.78, 5) is 17.0. The molecule has 3 rings (SSSR count). The first-order chi connectivity index (χ1) is 12.5. The van der Waals surface area contributed by atoms with Gasteiger partial charge in [0.05, 0.1) is 16.6 Å². The fourth-order valence-electron chi connectivity index (χ4n) is 2.89. The van der Waals surface area contributed by atoms with Crippen LogP contribution in [0.2, 0.25) is 0 Å². The molecule has 0 saturated carbocycles. The van der Waals surface area contributed by atoms with Gasteiger partial charge in [0, 0.05) is 12.2 Å². The van der Waals surface area contributed by atoms with Gasteiger partial charge in [-0.05, 0) is 43.7 Å². The molecule has 1 N–H and O–H groups in total. The summed E-state index contributed by atoms with van der Waals surface area (Å²) < 4.78 is 31.5. The second-order valence-electron chi connectivity index (χ2n) is 5.84. The van der Waals surface area contributed by atoms with Gasteiger partial charge >= 0.3 is 6.61 Å². The van der Waals surface area contributed by atoms with Gasteiger partial charge in [-0.3, -0.25) is 4.79 Å². The summed E-state index contributed by atoms with van der Waals surface area (Å²) in [6.07, 6.45) is 0.992. The lowest BCUT2D eigenvalue weighted by molar-refractivity contribution is -0.0501. The van der Waals surface area contributed by atoms with Gasteiger partial charge in [0.1, 0.15) is 11.6 Å². The molecule has 0 aliphatic carbocycles. The van der Waals surface area contributed by atoms with Crippen LogP contribution in [0, 0.1) is 6.92 Å². The van der Waals surface area contributed by atoms with E-state index in [9.17, 15) is 13.6 Å². The predicted molar refractivity (Wildman–Crippen MR) is 95.8 cm³/mol. The molecule has 5 nitrogen and oxygen atoms in total. The number of rotatable bonds is 6. The number of nitrogens with one attached hydrogen (secondary N) is 1. The van der Waals surface area contributed by atoms with E-state index in [-0.39, 0.29) is 11.3 Å². The zero-order chi connectivity index (χ0) is 18.7. The molecule has 0 aliphatic rings. The third-order valence-corrected chi connectivity index (χ3v) is 3.99. The highest BCUT2D eigenvalue weighted by molar-refractivity contribution is 6.06. The van der Waals surface area contributed by atoms with E-state index in [2.05, 4.69) is 26.5 Å². The number of benzene rings is 2. The minimum atomic E-state index is -2.99. The summed E-state index contributed by atoms with van der Waals surface area (Å²) in [5.74, 6) is 0.218. The molecule has 7 heteroatoms. The smallest absolute Gasteiger partial charge is 0.387 e. The SMILES string of the molecule is CCCn1c(C)nc2cc(NC(=O)c3ccccc3OC(F)F)ccc21. The average Bonchev–Trinajstić information content (AvgIpc) is 2.90. The normalized spacial score (nSPS) is 11.1. The van der Waals surface area contributed by atoms with Gasteiger partial charge in [-0.25, -0.2) is 4.98 Å². The molecule has 0 aliphatic heterocycles. The van der Waals surface area contributed by atoms with Crippen molar-refractivity contribution in [3.05, 3.63) is 53.9 Å². The Kier molecular flexibility index (Phi) is 5.16. The first kappa shape index (κ1) is 17.8. The summed E-state index contributed by atoms with van der Waals surface area (Å²) in [5.41, 5.74) is 2.34. The summed E-state index contributed by atoms with van der Waals surface area (Å²) in [6.45, 7) is 1.91. The Balaban J connectivity index is 1.86. The Hall–Kier alpha value is -2.96. The van der Waals surface area contributed by atoms with E-state index >= 15 is 0 Å². The molecule has 26 heavy (non-hydrogen) atoms. The van der Waals surface area contributed by atoms with E-state index in [1.807, 2.05) is 13.0 Å². The van der Waals surface area contributed by atoms with Crippen molar-refractivity contribution in [2.75, 3.05) is 5.32 Å². The highest BCUT2D eigenvalue weighted by Gasteiger charge is 2.16. The maximum atomic E-state index is 12.5. The largest absolute Gasteiger partial charge is 0.434 e. The van der Waals surface area contributed by atoms with Crippen molar-refractivity contribution in [2.45, 2.75) is 33.4 Å². The Labute approximate surface area is 149 Å². The van der Waals surface area contributed by atoms with Crippen LogP contribution in [0.15, 0.2) is 42.5 Å². The van der Waals surface area contributed by atoms with Crippen molar-refractivity contribution >= 4 is 22.6 Å². The third kappa shape index (κ3) is 3.66. The predicted octanol–water partition coefficient (Wildman–Crippen LogP) is 4.61. The second kappa shape index (κ2) is 7.51. The standard InChI is InChI=1S/C19H19F2N3O2/c1-3-10-24-12(2)22-15-11-13(8-9-16(15)24)23-18(25)14-6-4-5-7-17(14)26-19(20)21/h4-9,11,19H,3,10H2,1-2H3,(H,23,25). The van der Waals surface area contributed by atoms with Crippen LogP contribution in [-0.2, 0) is 6.54 Å². The maximum absolute atomic E-state index is 12.5. The number of carbonyl (C=O) groups is 1. The number of hydrogen-bond donors (Lipinski definition) is 1. The van der Waals surface area contributed by atoms with Gasteiger partial charge in [-0.1, -0.05) is 19.1 Å². The molecule has 136 valence electrons. The number of hydrogen-bond acceptors (Lipinski definition) is 3. The van der Waals surface area contributed by atoms with Gasteiger partial charge in [0.2, 0.25) is 0 Å². The molecule has 1 aromatic heterocycles. The number of carbonyl (C=O) groups excluding carboxylic acids is 1. The molecular formula is C19H19F2N3O2. The number of nitrogens with zero attached hydrogens (tertiary/aromatic N) is 2. The highest BCUT2D eigenvalue weighted by atomic mass is 19.3. The van der Waals surface area contributed by atoms with Crippen LogP contribution in [-0.4, -0.2) is 22.1 Å². The van der Waals surface area contributed by atoms with Gasteiger partial charge in [0.15, 0.2) is 0 Å². The molecule has 0 radical (unpaired) electrons. The topological polar surface area (TPSA) is 56.2 Å². The number of fused-ring (bicyclic) bond motifs is 1. The Bertz CT molecular complexity index is 938. The van der Waals surface area contributed by atoms with Gasteiger partial charge < -0.3 is 14.6 Å². The van der Waals surface area contributed by atoms with E-state index in [0.717, 1.165) is 29.8 Å². The summed E-state index contributed by atoms with van der Waals surface area (Å²) in [5, 5.41) is 2.71. The molecule has 3 aromatic rings. The van der Waals surface area contributed by atoms with Gasteiger partial charge in [0.25, 0.3) is 5.91 Å². The lowest BCUT2D eigenvalue weighted by Gasteiger charge is -2.11. The summed E-state index contributed by atoms with van der Waals surface area (Å²) >= 11 is 0.